The van der Waals surface area contributed by atoms with Gasteiger partial charge in [-0.2, -0.15) is 0 Å². The quantitative estimate of drug-likeness (QED) is 0.906. The molecule has 1 aromatic carbocycles. The van der Waals surface area contributed by atoms with E-state index >= 15 is 0 Å². The van der Waals surface area contributed by atoms with E-state index in [1.54, 1.807) is 23.5 Å². The van der Waals surface area contributed by atoms with Crippen LogP contribution in [0.1, 0.15) is 25.8 Å². The van der Waals surface area contributed by atoms with Gasteiger partial charge in [-0.15, -0.1) is 11.3 Å². The monoisotopic (exact) mass is 252 g/mol. The summed E-state index contributed by atoms with van der Waals surface area (Å²) >= 11 is 1.57. The van der Waals surface area contributed by atoms with Crippen molar-refractivity contribution in [3.8, 4) is 0 Å². The van der Waals surface area contributed by atoms with Crippen LogP contribution in [-0.2, 0) is 6.42 Å². The fourth-order valence-corrected chi connectivity index (χ4v) is 2.59. The smallest absolute Gasteiger partial charge is 0.124 e. The molecule has 0 atom stereocenters. The lowest BCUT2D eigenvalue weighted by molar-refractivity contribution is 0.429. The van der Waals surface area contributed by atoms with E-state index in [1.807, 2.05) is 0 Å². The van der Waals surface area contributed by atoms with E-state index < -0.39 is 0 Å². The molecule has 0 radical (unpaired) electrons. The molecule has 2 nitrogen and oxygen atoms in total. The minimum atomic E-state index is -0.194. The number of halogens is 1. The number of aromatic nitrogens is 1. The summed E-state index contributed by atoms with van der Waals surface area (Å²) in [5.41, 5.74) is 1.02. The maximum atomic E-state index is 13.0. The van der Waals surface area contributed by atoms with Gasteiger partial charge in [0.05, 0.1) is 15.2 Å². The zero-order valence-corrected chi connectivity index (χ0v) is 11.2. The molecule has 17 heavy (non-hydrogen) atoms. The van der Waals surface area contributed by atoms with Gasteiger partial charge in [0.15, 0.2) is 0 Å². The molecule has 2 rings (SSSR count). The molecule has 92 valence electrons. The fraction of sp³-hybridized carbons (Fsp3) is 0.462. The van der Waals surface area contributed by atoms with Crippen LogP contribution in [0.5, 0.6) is 0 Å². The molecule has 0 spiro atoms. The topological polar surface area (TPSA) is 24.9 Å². The van der Waals surface area contributed by atoms with Crippen LogP contribution in [0.15, 0.2) is 18.2 Å². The molecule has 0 fully saturated rings. The number of thiazole rings is 1. The Morgan fingerprint density at radius 2 is 2.12 bits per heavy atom. The van der Waals surface area contributed by atoms with Crippen LogP contribution in [0.2, 0.25) is 0 Å². The highest BCUT2D eigenvalue weighted by atomic mass is 32.1. The molecule has 0 amide bonds. The number of nitrogens with one attached hydrogen (secondary N) is 1. The number of benzene rings is 1. The summed E-state index contributed by atoms with van der Waals surface area (Å²) in [7, 11) is 0. The molecule has 0 bridgehead atoms. The molecule has 0 saturated heterocycles. The fourth-order valence-electron chi connectivity index (χ4n) is 1.60. The first-order valence-electron chi connectivity index (χ1n) is 5.74. The van der Waals surface area contributed by atoms with Crippen LogP contribution < -0.4 is 5.32 Å². The molecule has 0 saturated carbocycles. The lowest BCUT2D eigenvalue weighted by Crippen LogP contribution is -2.37. The lowest BCUT2D eigenvalue weighted by Gasteiger charge is -2.19. The summed E-state index contributed by atoms with van der Waals surface area (Å²) in [6.07, 6.45) is 0.887. The van der Waals surface area contributed by atoms with Crippen molar-refractivity contribution >= 4 is 21.6 Å². The third-order valence-electron chi connectivity index (χ3n) is 2.39. The van der Waals surface area contributed by atoms with Crippen molar-refractivity contribution in [2.24, 2.45) is 0 Å². The van der Waals surface area contributed by atoms with E-state index in [1.165, 1.54) is 6.07 Å². The van der Waals surface area contributed by atoms with Crippen LogP contribution in [0.25, 0.3) is 10.2 Å². The Bertz CT molecular complexity index is 514. The van der Waals surface area contributed by atoms with Crippen LogP contribution in [0.4, 0.5) is 4.39 Å². The third kappa shape index (κ3) is 3.48. The van der Waals surface area contributed by atoms with Gasteiger partial charge < -0.3 is 5.32 Å². The molecular weight excluding hydrogens is 235 g/mol. The summed E-state index contributed by atoms with van der Waals surface area (Å²) in [5.74, 6) is -0.194. The predicted octanol–water partition coefficient (Wildman–Crippen LogP) is 3.37. The van der Waals surface area contributed by atoms with Crippen LogP contribution in [-0.4, -0.2) is 17.1 Å². The highest BCUT2D eigenvalue weighted by molar-refractivity contribution is 7.18. The predicted molar refractivity (Wildman–Crippen MR) is 71.0 cm³/mol. The highest BCUT2D eigenvalue weighted by Gasteiger charge is 2.09. The van der Waals surface area contributed by atoms with E-state index in [2.05, 4.69) is 31.1 Å². The molecule has 1 heterocycles. The van der Waals surface area contributed by atoms with Crippen LogP contribution >= 0.6 is 11.3 Å². The van der Waals surface area contributed by atoms with Gasteiger partial charge in [-0.25, -0.2) is 9.37 Å². The van der Waals surface area contributed by atoms with E-state index in [4.69, 9.17) is 0 Å². The van der Waals surface area contributed by atoms with Crippen molar-refractivity contribution < 1.29 is 4.39 Å². The van der Waals surface area contributed by atoms with Gasteiger partial charge in [0.2, 0.25) is 0 Å². The molecular formula is C13H17FN2S. The number of hydrogen-bond acceptors (Lipinski definition) is 3. The summed E-state index contributed by atoms with van der Waals surface area (Å²) in [6, 6.07) is 4.74. The van der Waals surface area contributed by atoms with Gasteiger partial charge in [-0.1, -0.05) is 0 Å². The zero-order chi connectivity index (χ0) is 12.5. The van der Waals surface area contributed by atoms with Crippen LogP contribution in [0.3, 0.4) is 0 Å². The van der Waals surface area contributed by atoms with Crippen molar-refractivity contribution in [1.29, 1.82) is 0 Å². The normalized spacial score (nSPS) is 12.2. The molecule has 0 aliphatic carbocycles. The first kappa shape index (κ1) is 12.5. The van der Waals surface area contributed by atoms with E-state index in [-0.39, 0.29) is 11.4 Å². The second-order valence-electron chi connectivity index (χ2n) is 5.15. The van der Waals surface area contributed by atoms with Crippen molar-refractivity contribution in [2.75, 3.05) is 6.54 Å². The van der Waals surface area contributed by atoms with Gasteiger partial charge in [-0.3, -0.25) is 0 Å². The zero-order valence-electron chi connectivity index (χ0n) is 10.4. The van der Waals surface area contributed by atoms with Gasteiger partial charge in [0.1, 0.15) is 5.82 Å². The van der Waals surface area contributed by atoms with Crippen molar-refractivity contribution in [3.05, 3.63) is 29.0 Å². The second kappa shape index (κ2) is 4.70. The van der Waals surface area contributed by atoms with Gasteiger partial charge >= 0.3 is 0 Å². The molecule has 1 aromatic heterocycles. The second-order valence-corrected chi connectivity index (χ2v) is 6.26. The maximum absolute atomic E-state index is 13.0. The molecule has 2 aromatic rings. The van der Waals surface area contributed by atoms with Gasteiger partial charge in [0.25, 0.3) is 0 Å². The highest BCUT2D eigenvalue weighted by Crippen LogP contribution is 2.23. The molecule has 4 heteroatoms. The first-order chi connectivity index (χ1) is 7.94. The van der Waals surface area contributed by atoms with E-state index in [0.717, 1.165) is 28.2 Å². The Morgan fingerprint density at radius 3 is 2.82 bits per heavy atom. The molecule has 0 aliphatic rings. The van der Waals surface area contributed by atoms with Gasteiger partial charge in [-0.05, 0) is 39.0 Å². The molecule has 0 aliphatic heterocycles. The van der Waals surface area contributed by atoms with E-state index in [0.29, 0.717) is 0 Å². The van der Waals surface area contributed by atoms with Crippen molar-refractivity contribution in [2.45, 2.75) is 32.7 Å². The van der Waals surface area contributed by atoms with Crippen molar-refractivity contribution in [3.63, 3.8) is 0 Å². The van der Waals surface area contributed by atoms with Gasteiger partial charge in [0, 0.05) is 18.5 Å². The van der Waals surface area contributed by atoms with E-state index in [9.17, 15) is 4.39 Å². The summed E-state index contributed by atoms with van der Waals surface area (Å²) in [4.78, 5) is 4.49. The number of hydrogen-bond donors (Lipinski definition) is 1. The number of rotatable bonds is 3. The SMILES string of the molecule is CC(C)(C)NCCc1nc2ccc(F)cc2s1. The standard InChI is InChI=1S/C13H17FN2S/c1-13(2,3)15-7-6-12-16-10-5-4-9(14)8-11(10)17-12/h4-5,8,15H,6-7H2,1-3H3. The maximum Gasteiger partial charge on any atom is 0.124 e. The summed E-state index contributed by atoms with van der Waals surface area (Å²) in [6.45, 7) is 7.31. The Hall–Kier alpha value is -1.000. The Labute approximate surface area is 105 Å². The third-order valence-corrected chi connectivity index (χ3v) is 3.47. The molecule has 1 N–H and O–H groups in total. The average molecular weight is 252 g/mol. The Balaban J connectivity index is 2.05. The molecule has 0 unspecified atom stereocenters. The lowest BCUT2D eigenvalue weighted by atomic mass is 10.1. The minimum Gasteiger partial charge on any atom is -0.312 e. The summed E-state index contributed by atoms with van der Waals surface area (Å²) in [5, 5.41) is 4.48. The largest absolute Gasteiger partial charge is 0.312 e. The Morgan fingerprint density at radius 1 is 1.35 bits per heavy atom. The number of fused-ring (bicyclic) bond motifs is 1. The average Bonchev–Trinajstić information content (AvgIpc) is 2.57. The summed E-state index contributed by atoms with van der Waals surface area (Å²) < 4.78 is 13.9. The first-order valence-corrected chi connectivity index (χ1v) is 6.56. The van der Waals surface area contributed by atoms with Crippen molar-refractivity contribution in [1.82, 2.24) is 10.3 Å². The minimum absolute atomic E-state index is 0.128. The Kier molecular flexibility index (Phi) is 3.45. The van der Waals surface area contributed by atoms with Crippen LogP contribution in [0, 0.1) is 5.82 Å². The number of nitrogens with zero attached hydrogens (tertiary/aromatic N) is 1.